The Hall–Kier alpha value is -6.19. The van der Waals surface area contributed by atoms with Crippen LogP contribution in [0.25, 0.3) is 44.2 Å². The van der Waals surface area contributed by atoms with Crippen molar-refractivity contribution >= 4 is 39.5 Å². The molecule has 0 aliphatic carbocycles. The van der Waals surface area contributed by atoms with E-state index >= 15 is 8.78 Å². The summed E-state index contributed by atoms with van der Waals surface area (Å²) in [5.74, 6) is -1.70. The monoisotopic (exact) mass is 898 g/mol. The molecule has 3 amide bonds. The Balaban J connectivity index is 0.701. The fourth-order valence-corrected chi connectivity index (χ4v) is 9.75. The van der Waals surface area contributed by atoms with E-state index < -0.39 is 23.6 Å². The first kappa shape index (κ1) is 45.0. The lowest BCUT2D eigenvalue weighted by molar-refractivity contribution is -0.136. The lowest BCUT2D eigenvalue weighted by Crippen LogP contribution is -2.44. The van der Waals surface area contributed by atoms with Gasteiger partial charge in [-0.25, -0.2) is 13.8 Å². The van der Waals surface area contributed by atoms with Crippen LogP contribution in [0.4, 0.5) is 8.78 Å². The van der Waals surface area contributed by atoms with E-state index in [2.05, 4.69) is 21.5 Å². The SMILES string of the molecule is O=C1CCC(n2ccc3c(CCCCCCCCCC(=O)N4CCC(n5cc(-c6cnc7cccc(-c8cc(F)c(CN9CCOCC9)c(F)c8)c7n6)cn5)CC4)cccc3c2=O)C(=O)N1. The molecule has 0 bridgehead atoms. The standard InChI is InChI=1S/C51H56F2N8O5/c52-42-28-35(29-43(53)41(42)33-58-24-26-66-27-25-58)39-12-9-14-44-49(39)56-45(31-54-44)36-30-55-61(32-36)37-18-21-59(22-19-37)48(63)15-7-5-3-1-2-4-6-10-34-11-8-13-40-38(34)20-23-60(51(40)65)46-16-17-47(62)57-50(46)64/h8-9,11-14,20,23,28-32,37,46H,1-7,10,15-19,21-22,24-27,33H2,(H,57,62,64). The van der Waals surface area contributed by atoms with E-state index in [0.717, 1.165) is 80.7 Å². The third-order valence-electron chi connectivity index (χ3n) is 13.5. The topological polar surface area (TPSA) is 145 Å². The van der Waals surface area contributed by atoms with Crippen molar-refractivity contribution in [1.82, 2.24) is 39.4 Å². The van der Waals surface area contributed by atoms with Crippen LogP contribution in [0.1, 0.15) is 100 Å². The van der Waals surface area contributed by atoms with Gasteiger partial charge in [-0.3, -0.25) is 39.1 Å². The Morgan fingerprint density at radius 3 is 2.32 bits per heavy atom. The number of amides is 3. The molecule has 1 unspecified atom stereocenters. The number of unbranched alkanes of at least 4 members (excludes halogenated alkanes) is 6. The zero-order valence-electron chi connectivity index (χ0n) is 37.2. The lowest BCUT2D eigenvalue weighted by atomic mass is 9.99. The van der Waals surface area contributed by atoms with E-state index in [-0.39, 0.29) is 41.9 Å². The second-order valence-electron chi connectivity index (χ2n) is 17.9. The van der Waals surface area contributed by atoms with Crippen LogP contribution in [0, 0.1) is 11.6 Å². The summed E-state index contributed by atoms with van der Waals surface area (Å²) in [6.45, 7) is 3.92. The van der Waals surface area contributed by atoms with E-state index in [1.54, 1.807) is 24.7 Å². The van der Waals surface area contributed by atoms with Gasteiger partial charge in [0.05, 0.1) is 48.4 Å². The summed E-state index contributed by atoms with van der Waals surface area (Å²) in [6, 6.07) is 15.4. The molecule has 9 rings (SSSR count). The van der Waals surface area contributed by atoms with Gasteiger partial charge in [-0.1, -0.05) is 56.4 Å². The number of hydrogen-bond acceptors (Lipinski definition) is 9. The Kier molecular flexibility index (Phi) is 14.0. The minimum atomic E-state index is -0.672. The molecule has 344 valence electrons. The number of para-hydroxylation sites is 1. The Bertz CT molecular complexity index is 2770. The number of fused-ring (bicyclic) bond motifs is 2. The third-order valence-corrected chi connectivity index (χ3v) is 13.5. The molecule has 0 saturated carbocycles. The molecular weight excluding hydrogens is 843 g/mol. The van der Waals surface area contributed by atoms with Crippen molar-refractivity contribution in [3.05, 3.63) is 112 Å². The van der Waals surface area contributed by atoms with E-state index in [4.69, 9.17) is 9.72 Å². The van der Waals surface area contributed by atoms with Crippen LogP contribution in [0.2, 0.25) is 0 Å². The molecule has 3 aliphatic heterocycles. The number of likely N-dealkylation sites (tertiary alicyclic amines) is 1. The van der Waals surface area contributed by atoms with Crippen molar-refractivity contribution < 1.29 is 27.9 Å². The number of benzene rings is 3. The number of halogens is 2. The van der Waals surface area contributed by atoms with Gasteiger partial charge < -0.3 is 14.2 Å². The largest absolute Gasteiger partial charge is 0.379 e. The zero-order chi connectivity index (χ0) is 45.6. The fraction of sp³-hybridized carbons (Fsp3) is 0.431. The molecule has 1 atom stereocenters. The number of carbonyl (C=O) groups is 3. The number of aromatic nitrogens is 5. The molecule has 15 heteroatoms. The van der Waals surface area contributed by atoms with Crippen molar-refractivity contribution in [3.63, 3.8) is 0 Å². The summed E-state index contributed by atoms with van der Waals surface area (Å²) in [6.07, 6.45) is 18.0. The first-order chi connectivity index (χ1) is 32.2. The molecular formula is C51H56F2N8O5. The van der Waals surface area contributed by atoms with Gasteiger partial charge in [-0.05, 0) is 85.4 Å². The average molecular weight is 899 g/mol. The van der Waals surface area contributed by atoms with E-state index in [0.29, 0.717) is 85.5 Å². The molecule has 0 radical (unpaired) electrons. The van der Waals surface area contributed by atoms with Crippen LogP contribution in [0.5, 0.6) is 0 Å². The third kappa shape index (κ3) is 10.1. The van der Waals surface area contributed by atoms with Crippen LogP contribution in [-0.2, 0) is 32.1 Å². The number of carbonyl (C=O) groups excluding carboxylic acids is 3. The van der Waals surface area contributed by atoms with E-state index in [1.165, 1.54) is 16.7 Å². The van der Waals surface area contributed by atoms with Crippen LogP contribution in [-0.4, -0.2) is 91.2 Å². The van der Waals surface area contributed by atoms with Gasteiger partial charge in [-0.2, -0.15) is 5.10 Å². The number of piperidine rings is 2. The number of rotatable bonds is 16. The lowest BCUT2D eigenvalue weighted by Gasteiger charge is -2.32. The van der Waals surface area contributed by atoms with E-state index in [9.17, 15) is 19.2 Å². The van der Waals surface area contributed by atoms with Gasteiger partial charge in [0.15, 0.2) is 0 Å². The van der Waals surface area contributed by atoms with Gasteiger partial charge in [0, 0.05) is 80.0 Å². The summed E-state index contributed by atoms with van der Waals surface area (Å²) in [5.41, 5.74) is 4.55. The molecule has 3 saturated heterocycles. The second-order valence-corrected chi connectivity index (χ2v) is 17.9. The molecule has 1 N–H and O–H groups in total. The quantitative estimate of drug-likeness (QED) is 0.0753. The van der Waals surface area contributed by atoms with Crippen LogP contribution in [0.3, 0.4) is 0 Å². The highest BCUT2D eigenvalue weighted by atomic mass is 19.1. The first-order valence-electron chi connectivity index (χ1n) is 23.5. The molecule has 0 spiro atoms. The number of morpholine rings is 1. The molecule has 3 aromatic carbocycles. The minimum Gasteiger partial charge on any atom is -0.379 e. The van der Waals surface area contributed by atoms with Crippen molar-refractivity contribution in [1.29, 1.82) is 0 Å². The smallest absolute Gasteiger partial charge is 0.259 e. The number of pyridine rings is 1. The van der Waals surface area contributed by atoms with Crippen molar-refractivity contribution in [2.75, 3.05) is 39.4 Å². The van der Waals surface area contributed by atoms with Gasteiger partial charge in [0.2, 0.25) is 17.7 Å². The number of imide groups is 1. The first-order valence-corrected chi connectivity index (χ1v) is 23.5. The van der Waals surface area contributed by atoms with Crippen molar-refractivity contribution in [2.24, 2.45) is 0 Å². The normalized spacial score (nSPS) is 17.5. The molecule has 66 heavy (non-hydrogen) atoms. The molecule has 6 aromatic rings. The highest BCUT2D eigenvalue weighted by Crippen LogP contribution is 2.32. The molecule has 3 fully saturated rings. The Morgan fingerprint density at radius 2 is 1.55 bits per heavy atom. The van der Waals surface area contributed by atoms with Crippen LogP contribution >= 0.6 is 0 Å². The number of hydrogen-bond donors (Lipinski definition) is 1. The molecule has 3 aromatic heterocycles. The number of nitrogens with one attached hydrogen (secondary N) is 1. The Morgan fingerprint density at radius 1 is 0.803 bits per heavy atom. The maximum atomic E-state index is 15.4. The highest BCUT2D eigenvalue weighted by Gasteiger charge is 2.29. The van der Waals surface area contributed by atoms with Gasteiger partial charge in [-0.15, -0.1) is 0 Å². The molecule has 13 nitrogen and oxygen atoms in total. The van der Waals surface area contributed by atoms with Gasteiger partial charge in [0.25, 0.3) is 5.56 Å². The number of ether oxygens (including phenoxy) is 1. The second kappa shape index (κ2) is 20.5. The summed E-state index contributed by atoms with van der Waals surface area (Å²) >= 11 is 0. The summed E-state index contributed by atoms with van der Waals surface area (Å²) in [4.78, 5) is 64.0. The van der Waals surface area contributed by atoms with Gasteiger partial charge in [0.1, 0.15) is 17.7 Å². The summed E-state index contributed by atoms with van der Waals surface area (Å²) < 4.78 is 39.6. The highest BCUT2D eigenvalue weighted by molar-refractivity contribution is 5.99. The number of nitrogens with zero attached hydrogens (tertiary/aromatic N) is 7. The molecule has 3 aliphatic rings. The van der Waals surface area contributed by atoms with Crippen LogP contribution < -0.4 is 10.9 Å². The fourth-order valence-electron chi connectivity index (χ4n) is 9.75. The maximum absolute atomic E-state index is 15.4. The average Bonchev–Trinajstić information content (AvgIpc) is 3.83. The maximum Gasteiger partial charge on any atom is 0.259 e. The van der Waals surface area contributed by atoms with Crippen molar-refractivity contribution in [2.45, 2.75) is 102 Å². The van der Waals surface area contributed by atoms with E-state index in [1.807, 2.05) is 51.0 Å². The predicted molar refractivity (Wildman–Crippen MR) is 247 cm³/mol. The summed E-state index contributed by atoms with van der Waals surface area (Å²) in [7, 11) is 0. The minimum absolute atomic E-state index is 0.0510. The molecule has 6 heterocycles. The summed E-state index contributed by atoms with van der Waals surface area (Å²) in [5, 5.41) is 8.53. The van der Waals surface area contributed by atoms with Crippen molar-refractivity contribution in [3.8, 4) is 22.4 Å². The Labute approximate surface area is 382 Å². The predicted octanol–water partition coefficient (Wildman–Crippen LogP) is 8.09. The zero-order valence-corrected chi connectivity index (χ0v) is 37.2. The number of aryl methyl sites for hydroxylation is 1. The van der Waals surface area contributed by atoms with Crippen LogP contribution in [0.15, 0.2) is 84.2 Å². The van der Waals surface area contributed by atoms with Gasteiger partial charge >= 0.3 is 0 Å².